The number of anilines is 2. The van der Waals surface area contributed by atoms with Crippen LogP contribution in [0.3, 0.4) is 0 Å². The van der Waals surface area contributed by atoms with Crippen LogP contribution in [0, 0.1) is 0 Å². The van der Waals surface area contributed by atoms with Crippen molar-refractivity contribution in [3.63, 3.8) is 0 Å². The van der Waals surface area contributed by atoms with E-state index in [0.29, 0.717) is 21.8 Å². The van der Waals surface area contributed by atoms with Gasteiger partial charge in [-0.3, -0.25) is 19.3 Å². The van der Waals surface area contributed by atoms with Crippen LogP contribution < -0.4 is 9.80 Å². The molecule has 1 fully saturated rings. The number of fused-ring (bicyclic) bond motifs is 1. The summed E-state index contributed by atoms with van der Waals surface area (Å²) < 4.78 is 0. The molecule has 32 heavy (non-hydrogen) atoms. The Bertz CT molecular complexity index is 1200. The zero-order chi connectivity index (χ0) is 22.6. The highest BCUT2D eigenvalue weighted by Gasteiger charge is 2.57. The third kappa shape index (κ3) is 2.99. The Hall–Kier alpha value is -3.64. The van der Waals surface area contributed by atoms with Crippen molar-refractivity contribution in [3.8, 4) is 0 Å². The number of amides is 3. The van der Waals surface area contributed by atoms with Crippen LogP contribution >= 0.6 is 11.6 Å². The second-order valence-corrected chi connectivity index (χ2v) is 8.52. The Morgan fingerprint density at radius 1 is 0.719 bits per heavy atom. The Labute approximate surface area is 190 Å². The first-order chi connectivity index (χ1) is 15.4. The molecule has 2 heterocycles. The summed E-state index contributed by atoms with van der Waals surface area (Å²) in [7, 11) is 3.90. The van der Waals surface area contributed by atoms with Gasteiger partial charge in [-0.25, -0.2) is 0 Å². The van der Waals surface area contributed by atoms with Gasteiger partial charge < -0.3 is 9.80 Å². The molecule has 0 spiro atoms. The predicted molar refractivity (Wildman–Crippen MR) is 123 cm³/mol. The van der Waals surface area contributed by atoms with Gasteiger partial charge in [0, 0.05) is 30.5 Å². The summed E-state index contributed by atoms with van der Waals surface area (Å²) in [5.41, 5.74) is 3.17. The quantitative estimate of drug-likeness (QED) is 0.447. The largest absolute Gasteiger partial charge is 0.378 e. The molecule has 2 aliphatic heterocycles. The molecule has 1 saturated heterocycles. The van der Waals surface area contributed by atoms with Crippen LogP contribution in [0.4, 0.5) is 11.4 Å². The minimum atomic E-state index is -0.914. The number of carbonyl (C=O) groups excluding carboxylic acids is 3. The monoisotopic (exact) mass is 445 g/mol. The Balaban J connectivity index is 1.57. The number of nitrogens with zero attached hydrogens (tertiary/aromatic N) is 3. The van der Waals surface area contributed by atoms with Crippen LogP contribution in [0.1, 0.15) is 32.3 Å². The van der Waals surface area contributed by atoms with E-state index in [1.807, 2.05) is 43.3 Å². The maximum absolute atomic E-state index is 13.4. The molecule has 2 atom stereocenters. The Morgan fingerprint density at radius 3 is 1.81 bits per heavy atom. The normalized spacial score (nSPS) is 19.8. The van der Waals surface area contributed by atoms with Crippen LogP contribution in [-0.2, 0) is 4.79 Å². The molecule has 2 aliphatic rings. The van der Waals surface area contributed by atoms with Gasteiger partial charge in [0.1, 0.15) is 6.04 Å². The molecule has 2 unspecified atom stereocenters. The molecule has 0 radical (unpaired) electrons. The molecule has 0 saturated carbocycles. The van der Waals surface area contributed by atoms with Crippen molar-refractivity contribution in [1.82, 2.24) is 4.90 Å². The van der Waals surface area contributed by atoms with Crippen molar-refractivity contribution in [3.05, 3.63) is 94.5 Å². The van der Waals surface area contributed by atoms with Gasteiger partial charge in [0.25, 0.3) is 17.7 Å². The highest BCUT2D eigenvalue weighted by Crippen LogP contribution is 2.44. The summed E-state index contributed by atoms with van der Waals surface area (Å²) in [6.07, 6.45) is 0. The summed E-state index contributed by atoms with van der Waals surface area (Å²) in [4.78, 5) is 44.3. The first-order valence-corrected chi connectivity index (χ1v) is 10.6. The number of hydrogen-bond acceptors (Lipinski definition) is 4. The zero-order valence-electron chi connectivity index (χ0n) is 17.5. The lowest BCUT2D eigenvalue weighted by Crippen LogP contribution is -2.67. The lowest BCUT2D eigenvalue weighted by molar-refractivity contribution is -0.130. The molecular formula is C25H20ClN3O3. The fourth-order valence-electron chi connectivity index (χ4n) is 4.38. The van der Waals surface area contributed by atoms with E-state index in [2.05, 4.69) is 0 Å². The minimum absolute atomic E-state index is 0.302. The molecule has 6 nitrogen and oxygen atoms in total. The van der Waals surface area contributed by atoms with Crippen LogP contribution in [-0.4, -0.2) is 42.8 Å². The maximum Gasteiger partial charge on any atom is 0.262 e. The minimum Gasteiger partial charge on any atom is -0.378 e. The van der Waals surface area contributed by atoms with E-state index in [1.165, 1.54) is 0 Å². The smallest absolute Gasteiger partial charge is 0.262 e. The van der Waals surface area contributed by atoms with Crippen LogP contribution in [0.25, 0.3) is 0 Å². The fraction of sp³-hybridized carbons (Fsp3) is 0.160. The van der Waals surface area contributed by atoms with Crippen LogP contribution in [0.5, 0.6) is 0 Å². The van der Waals surface area contributed by atoms with E-state index in [9.17, 15) is 14.4 Å². The number of rotatable bonds is 4. The number of imide groups is 1. The zero-order valence-corrected chi connectivity index (χ0v) is 18.3. The van der Waals surface area contributed by atoms with E-state index < -0.39 is 23.9 Å². The highest BCUT2D eigenvalue weighted by atomic mass is 35.5. The molecule has 3 amide bonds. The third-order valence-corrected chi connectivity index (χ3v) is 6.28. The van der Waals surface area contributed by atoms with Crippen molar-refractivity contribution in [2.45, 2.75) is 12.1 Å². The molecular weight excluding hydrogens is 426 g/mol. The molecule has 0 aliphatic carbocycles. The lowest BCUT2D eigenvalue weighted by atomic mass is 9.86. The molecule has 160 valence electrons. The molecule has 0 bridgehead atoms. The van der Waals surface area contributed by atoms with Gasteiger partial charge in [0.2, 0.25) is 0 Å². The second-order valence-electron chi connectivity index (χ2n) is 8.09. The average Bonchev–Trinajstić information content (AvgIpc) is 3.04. The first-order valence-electron chi connectivity index (χ1n) is 10.2. The standard InChI is InChI=1S/C25H20ClN3O3/c1-27(2)17-11-7-15(8-12-17)21-22(25(32)28(21)18-13-9-16(26)10-14-18)29-23(30)19-5-3-4-6-20(19)24(29)31/h3-14,21-22H,1-2H3. The Kier molecular flexibility index (Phi) is 4.75. The van der Waals surface area contributed by atoms with Crippen molar-refractivity contribution in [1.29, 1.82) is 0 Å². The molecule has 0 N–H and O–H groups in total. The number of β-lactam (4-membered cyclic amide) rings is 1. The van der Waals surface area contributed by atoms with Gasteiger partial charge in [-0.1, -0.05) is 35.9 Å². The highest BCUT2D eigenvalue weighted by molar-refractivity contribution is 6.30. The van der Waals surface area contributed by atoms with E-state index in [0.717, 1.165) is 16.2 Å². The van der Waals surface area contributed by atoms with Gasteiger partial charge in [-0.15, -0.1) is 0 Å². The second kappa shape index (κ2) is 7.50. The third-order valence-electron chi connectivity index (χ3n) is 6.03. The van der Waals surface area contributed by atoms with Gasteiger partial charge in [-0.05, 0) is 54.1 Å². The number of halogens is 1. The SMILES string of the molecule is CN(C)c1ccc(C2C(N3C(=O)c4ccccc4C3=O)C(=O)N2c2ccc(Cl)cc2)cc1. The van der Waals surface area contributed by atoms with Crippen molar-refractivity contribution >= 4 is 40.7 Å². The summed E-state index contributed by atoms with van der Waals surface area (Å²) in [6.45, 7) is 0. The van der Waals surface area contributed by atoms with E-state index in [-0.39, 0.29) is 5.91 Å². The van der Waals surface area contributed by atoms with Crippen molar-refractivity contribution in [2.75, 3.05) is 23.9 Å². The topological polar surface area (TPSA) is 60.9 Å². The van der Waals surface area contributed by atoms with E-state index in [1.54, 1.807) is 53.4 Å². The van der Waals surface area contributed by atoms with Gasteiger partial charge in [-0.2, -0.15) is 0 Å². The average molecular weight is 446 g/mol. The van der Waals surface area contributed by atoms with Crippen molar-refractivity contribution < 1.29 is 14.4 Å². The fourth-order valence-corrected chi connectivity index (χ4v) is 4.50. The number of carbonyl (C=O) groups is 3. The lowest BCUT2D eigenvalue weighted by Gasteiger charge is -2.49. The molecule has 3 aromatic carbocycles. The maximum atomic E-state index is 13.4. The van der Waals surface area contributed by atoms with Gasteiger partial charge in [0.15, 0.2) is 0 Å². The number of hydrogen-bond donors (Lipinski definition) is 0. The first kappa shape index (κ1) is 20.3. The predicted octanol–water partition coefficient (Wildman–Crippen LogP) is 4.16. The summed E-state index contributed by atoms with van der Waals surface area (Å²) in [6, 6.07) is 20.0. The molecule has 3 aromatic rings. The molecule has 7 heteroatoms. The molecule has 0 aromatic heterocycles. The van der Waals surface area contributed by atoms with Gasteiger partial charge in [0.05, 0.1) is 17.2 Å². The Morgan fingerprint density at radius 2 is 1.28 bits per heavy atom. The molecule has 5 rings (SSSR count). The van der Waals surface area contributed by atoms with Gasteiger partial charge >= 0.3 is 0 Å². The van der Waals surface area contributed by atoms with E-state index >= 15 is 0 Å². The van der Waals surface area contributed by atoms with Crippen LogP contribution in [0.15, 0.2) is 72.8 Å². The van der Waals surface area contributed by atoms with Crippen molar-refractivity contribution in [2.24, 2.45) is 0 Å². The summed E-state index contributed by atoms with van der Waals surface area (Å²) >= 11 is 6.03. The van der Waals surface area contributed by atoms with E-state index in [4.69, 9.17) is 11.6 Å². The summed E-state index contributed by atoms with van der Waals surface area (Å²) in [5, 5.41) is 0.561. The van der Waals surface area contributed by atoms with Crippen LogP contribution in [0.2, 0.25) is 5.02 Å². The summed E-state index contributed by atoms with van der Waals surface area (Å²) in [5.74, 6) is -1.17. The number of benzene rings is 3.